The third-order valence-electron chi connectivity index (χ3n) is 3.05. The van der Waals surface area contributed by atoms with E-state index in [4.69, 9.17) is 39.0 Å². The molecule has 0 spiro atoms. The SMILES string of the molecule is COc1cc(OCc2c(C)nn(C)c2Cl)cc(C(N)=S)c1. The van der Waals surface area contributed by atoms with E-state index in [-0.39, 0.29) is 4.99 Å². The van der Waals surface area contributed by atoms with Crippen LogP contribution >= 0.6 is 23.8 Å². The molecule has 2 aromatic rings. The third kappa shape index (κ3) is 3.46. The van der Waals surface area contributed by atoms with Crippen LogP contribution in [0.3, 0.4) is 0 Å². The monoisotopic (exact) mass is 325 g/mol. The molecule has 0 fully saturated rings. The van der Waals surface area contributed by atoms with E-state index in [2.05, 4.69) is 5.10 Å². The Morgan fingerprint density at radius 2 is 2.05 bits per heavy atom. The molecule has 0 aliphatic heterocycles. The first kappa shape index (κ1) is 15.6. The molecule has 0 atom stereocenters. The fourth-order valence-electron chi connectivity index (χ4n) is 1.91. The maximum absolute atomic E-state index is 6.18. The van der Waals surface area contributed by atoms with Gasteiger partial charge in [0, 0.05) is 24.2 Å². The summed E-state index contributed by atoms with van der Waals surface area (Å²) in [5, 5.41) is 4.80. The van der Waals surface area contributed by atoms with E-state index >= 15 is 0 Å². The molecule has 0 radical (unpaired) electrons. The first-order chi connectivity index (χ1) is 9.92. The van der Waals surface area contributed by atoms with Crippen molar-refractivity contribution in [2.75, 3.05) is 7.11 Å². The minimum atomic E-state index is 0.286. The first-order valence-corrected chi connectivity index (χ1v) is 7.00. The van der Waals surface area contributed by atoms with Crippen molar-refractivity contribution >= 4 is 28.8 Å². The molecule has 2 rings (SSSR count). The van der Waals surface area contributed by atoms with E-state index in [1.807, 2.05) is 6.92 Å². The Bertz CT molecular complexity index is 685. The van der Waals surface area contributed by atoms with Gasteiger partial charge < -0.3 is 15.2 Å². The average molecular weight is 326 g/mol. The largest absolute Gasteiger partial charge is 0.497 e. The lowest BCUT2D eigenvalue weighted by atomic mass is 10.2. The van der Waals surface area contributed by atoms with Gasteiger partial charge in [0.2, 0.25) is 0 Å². The van der Waals surface area contributed by atoms with Gasteiger partial charge in [0.05, 0.1) is 12.8 Å². The molecule has 1 heterocycles. The molecule has 0 saturated heterocycles. The number of aryl methyl sites for hydroxylation is 2. The smallest absolute Gasteiger partial charge is 0.133 e. The predicted molar refractivity (Wildman–Crippen MR) is 86.2 cm³/mol. The molecule has 112 valence electrons. The highest BCUT2D eigenvalue weighted by Gasteiger charge is 2.12. The van der Waals surface area contributed by atoms with Crippen molar-refractivity contribution in [3.05, 3.63) is 40.2 Å². The number of hydrogen-bond donors (Lipinski definition) is 1. The van der Waals surface area contributed by atoms with Crippen LogP contribution in [0, 0.1) is 6.92 Å². The fourth-order valence-corrected chi connectivity index (χ4v) is 2.26. The van der Waals surface area contributed by atoms with Crippen molar-refractivity contribution < 1.29 is 9.47 Å². The van der Waals surface area contributed by atoms with Crippen LogP contribution in [0.2, 0.25) is 5.15 Å². The quantitative estimate of drug-likeness (QED) is 0.856. The molecule has 0 bridgehead atoms. The van der Waals surface area contributed by atoms with Crippen LogP contribution in [0.25, 0.3) is 0 Å². The van der Waals surface area contributed by atoms with Crippen LogP contribution in [0.4, 0.5) is 0 Å². The molecule has 21 heavy (non-hydrogen) atoms. The Balaban J connectivity index is 2.23. The molecule has 1 aromatic carbocycles. The number of nitrogens with two attached hydrogens (primary N) is 1. The van der Waals surface area contributed by atoms with Gasteiger partial charge in [0.1, 0.15) is 28.2 Å². The van der Waals surface area contributed by atoms with E-state index < -0.39 is 0 Å². The van der Waals surface area contributed by atoms with Crippen LogP contribution in [-0.2, 0) is 13.7 Å². The van der Waals surface area contributed by atoms with E-state index in [1.54, 1.807) is 37.0 Å². The van der Waals surface area contributed by atoms with Crippen LogP contribution in [-0.4, -0.2) is 21.9 Å². The number of aromatic nitrogens is 2. The lowest BCUT2D eigenvalue weighted by Gasteiger charge is -2.10. The minimum absolute atomic E-state index is 0.286. The highest BCUT2D eigenvalue weighted by molar-refractivity contribution is 7.80. The zero-order valence-electron chi connectivity index (χ0n) is 12.0. The van der Waals surface area contributed by atoms with Gasteiger partial charge in [-0.1, -0.05) is 23.8 Å². The molecule has 2 N–H and O–H groups in total. The molecule has 1 aromatic heterocycles. The fraction of sp³-hybridized carbons (Fsp3) is 0.286. The van der Waals surface area contributed by atoms with Crippen molar-refractivity contribution in [1.29, 1.82) is 0 Å². The molecule has 0 aliphatic rings. The van der Waals surface area contributed by atoms with Crippen LogP contribution in [0.15, 0.2) is 18.2 Å². The second kappa shape index (κ2) is 6.32. The van der Waals surface area contributed by atoms with Gasteiger partial charge in [-0.2, -0.15) is 5.10 Å². The van der Waals surface area contributed by atoms with Crippen LogP contribution < -0.4 is 15.2 Å². The summed E-state index contributed by atoms with van der Waals surface area (Å²) in [6.45, 7) is 2.19. The molecule has 0 aliphatic carbocycles. The van der Waals surface area contributed by atoms with Gasteiger partial charge in [-0.25, -0.2) is 0 Å². The van der Waals surface area contributed by atoms with Gasteiger partial charge in [-0.3, -0.25) is 4.68 Å². The molecule has 0 saturated carbocycles. The van der Waals surface area contributed by atoms with E-state index in [0.717, 1.165) is 11.3 Å². The number of methoxy groups -OCH3 is 1. The number of nitrogens with zero attached hydrogens (tertiary/aromatic N) is 2. The maximum Gasteiger partial charge on any atom is 0.133 e. The summed E-state index contributed by atoms with van der Waals surface area (Å²) >= 11 is 11.2. The highest BCUT2D eigenvalue weighted by atomic mass is 35.5. The number of ether oxygens (including phenoxy) is 2. The second-order valence-electron chi connectivity index (χ2n) is 4.53. The van der Waals surface area contributed by atoms with Gasteiger partial charge in [0.15, 0.2) is 0 Å². The Labute approximate surface area is 133 Å². The standard InChI is InChI=1S/C14H16ClN3O2S/c1-8-12(13(15)18(2)17-8)7-20-11-5-9(14(16)21)4-10(6-11)19-3/h4-6H,7H2,1-3H3,(H2,16,21). The zero-order valence-corrected chi connectivity index (χ0v) is 13.6. The minimum Gasteiger partial charge on any atom is -0.497 e. The number of halogens is 1. The van der Waals surface area contributed by atoms with Crippen molar-refractivity contribution in [2.24, 2.45) is 12.8 Å². The number of hydrogen-bond acceptors (Lipinski definition) is 4. The lowest BCUT2D eigenvalue weighted by molar-refractivity contribution is 0.303. The van der Waals surface area contributed by atoms with Crippen molar-refractivity contribution in [1.82, 2.24) is 9.78 Å². The van der Waals surface area contributed by atoms with Gasteiger partial charge in [0.25, 0.3) is 0 Å². The number of rotatable bonds is 5. The number of benzene rings is 1. The highest BCUT2D eigenvalue weighted by Crippen LogP contribution is 2.25. The molecular weight excluding hydrogens is 310 g/mol. The molecule has 7 heteroatoms. The Hall–Kier alpha value is -1.79. The van der Waals surface area contributed by atoms with E-state index in [1.165, 1.54) is 0 Å². The van der Waals surface area contributed by atoms with Gasteiger partial charge in [-0.05, 0) is 19.1 Å². The maximum atomic E-state index is 6.18. The van der Waals surface area contributed by atoms with Crippen molar-refractivity contribution in [2.45, 2.75) is 13.5 Å². The Morgan fingerprint density at radius 1 is 1.38 bits per heavy atom. The van der Waals surface area contributed by atoms with E-state index in [0.29, 0.717) is 28.8 Å². The lowest BCUT2D eigenvalue weighted by Crippen LogP contribution is -2.10. The zero-order chi connectivity index (χ0) is 15.6. The van der Waals surface area contributed by atoms with E-state index in [9.17, 15) is 0 Å². The Morgan fingerprint density at radius 3 is 2.57 bits per heavy atom. The molecule has 5 nitrogen and oxygen atoms in total. The summed E-state index contributed by atoms with van der Waals surface area (Å²) in [5.41, 5.74) is 8.02. The molecular formula is C14H16ClN3O2S. The summed E-state index contributed by atoms with van der Waals surface area (Å²) in [6, 6.07) is 5.29. The van der Waals surface area contributed by atoms with Crippen LogP contribution in [0.5, 0.6) is 11.5 Å². The summed E-state index contributed by atoms with van der Waals surface area (Å²) in [6.07, 6.45) is 0. The number of thiocarbonyl (C=S) groups is 1. The third-order valence-corrected chi connectivity index (χ3v) is 3.76. The normalized spacial score (nSPS) is 10.5. The Kier molecular flexibility index (Phi) is 4.69. The summed E-state index contributed by atoms with van der Waals surface area (Å²) < 4.78 is 12.6. The van der Waals surface area contributed by atoms with Gasteiger partial charge >= 0.3 is 0 Å². The summed E-state index contributed by atoms with van der Waals surface area (Å²) in [7, 11) is 3.36. The second-order valence-corrected chi connectivity index (χ2v) is 5.33. The first-order valence-electron chi connectivity index (χ1n) is 6.22. The average Bonchev–Trinajstić information content (AvgIpc) is 2.69. The van der Waals surface area contributed by atoms with Crippen molar-refractivity contribution in [3.63, 3.8) is 0 Å². The van der Waals surface area contributed by atoms with Crippen LogP contribution in [0.1, 0.15) is 16.8 Å². The summed E-state index contributed by atoms with van der Waals surface area (Å²) in [4.78, 5) is 0.286. The molecule has 0 amide bonds. The van der Waals surface area contributed by atoms with Crippen molar-refractivity contribution in [3.8, 4) is 11.5 Å². The predicted octanol–water partition coefficient (Wildman–Crippen LogP) is 2.60. The summed E-state index contributed by atoms with van der Waals surface area (Å²) in [5.74, 6) is 1.24. The molecule has 0 unspecified atom stereocenters. The van der Waals surface area contributed by atoms with Gasteiger partial charge in [-0.15, -0.1) is 0 Å². The topological polar surface area (TPSA) is 62.3 Å².